The second kappa shape index (κ2) is 7.84. The lowest BCUT2D eigenvalue weighted by Gasteiger charge is -2.19. The van der Waals surface area contributed by atoms with Crippen LogP contribution < -0.4 is 4.74 Å². The number of benzene rings is 1. The lowest BCUT2D eigenvalue weighted by Crippen LogP contribution is -2.39. The maximum atomic E-state index is 11.8. The zero-order valence-corrected chi connectivity index (χ0v) is 12.8. The van der Waals surface area contributed by atoms with Crippen LogP contribution >= 0.6 is 0 Å². The maximum absolute atomic E-state index is 11.8. The van der Waals surface area contributed by atoms with Crippen LogP contribution in [-0.4, -0.2) is 49.9 Å². The van der Waals surface area contributed by atoms with Gasteiger partial charge in [0.1, 0.15) is 12.4 Å². The zero-order chi connectivity index (χ0) is 15.9. The summed E-state index contributed by atoms with van der Waals surface area (Å²) in [5, 5.41) is 8.72. The normalized spacial score (nSPS) is 11.0. The number of nitrogens with zero attached hydrogens (tertiary/aromatic N) is 1. The molecule has 0 heterocycles. The topological polar surface area (TPSA) is 93.1 Å². The Kier molecular flexibility index (Phi) is 6.44. The monoisotopic (exact) mass is 317 g/mol. The SMILES string of the molecule is CCN(C(=O)OCc1ccc(OC)cc1)S(=O)(=O)CCO. The van der Waals surface area contributed by atoms with Crippen LogP contribution in [0.5, 0.6) is 5.75 Å². The van der Waals surface area contributed by atoms with Crippen LogP contribution in [0.2, 0.25) is 0 Å². The van der Waals surface area contributed by atoms with E-state index >= 15 is 0 Å². The van der Waals surface area contributed by atoms with Crippen molar-refractivity contribution in [1.82, 2.24) is 4.31 Å². The number of sulfonamides is 1. The van der Waals surface area contributed by atoms with E-state index in [1.165, 1.54) is 6.92 Å². The van der Waals surface area contributed by atoms with Crippen molar-refractivity contribution < 1.29 is 27.8 Å². The first-order valence-corrected chi connectivity index (χ1v) is 7.96. The first-order valence-electron chi connectivity index (χ1n) is 6.35. The van der Waals surface area contributed by atoms with Crippen molar-refractivity contribution in [3.63, 3.8) is 0 Å². The third-order valence-electron chi connectivity index (χ3n) is 2.70. The number of carbonyl (C=O) groups is 1. The second-order valence-corrected chi connectivity index (χ2v) is 6.12. The van der Waals surface area contributed by atoms with E-state index in [2.05, 4.69) is 0 Å². The lowest BCUT2D eigenvalue weighted by molar-refractivity contribution is 0.120. The number of rotatable bonds is 7. The zero-order valence-electron chi connectivity index (χ0n) is 12.0. The van der Waals surface area contributed by atoms with E-state index in [1.807, 2.05) is 0 Å². The third kappa shape index (κ3) is 4.91. The third-order valence-corrected chi connectivity index (χ3v) is 4.47. The summed E-state index contributed by atoms with van der Waals surface area (Å²) in [5.74, 6) is 0.157. The molecule has 0 atom stereocenters. The highest BCUT2D eigenvalue weighted by atomic mass is 32.2. The summed E-state index contributed by atoms with van der Waals surface area (Å²) in [6, 6.07) is 6.85. The number of methoxy groups -OCH3 is 1. The van der Waals surface area contributed by atoms with Crippen LogP contribution in [0.25, 0.3) is 0 Å². The molecule has 1 rings (SSSR count). The Bertz CT molecular complexity index is 555. The number of ether oxygens (including phenoxy) is 2. The molecule has 0 radical (unpaired) electrons. The molecule has 1 aromatic carbocycles. The minimum atomic E-state index is -3.85. The molecule has 1 N–H and O–H groups in total. The Labute approximate surface area is 124 Å². The van der Waals surface area contributed by atoms with E-state index in [1.54, 1.807) is 31.4 Å². The molecule has 0 aliphatic heterocycles. The average molecular weight is 317 g/mol. The quantitative estimate of drug-likeness (QED) is 0.805. The Balaban J connectivity index is 2.66. The van der Waals surface area contributed by atoms with Gasteiger partial charge in [-0.1, -0.05) is 12.1 Å². The van der Waals surface area contributed by atoms with E-state index in [9.17, 15) is 13.2 Å². The molecule has 0 spiro atoms. The standard InChI is InChI=1S/C13H19NO6S/c1-3-14(21(17,18)9-8-15)13(16)20-10-11-4-6-12(19-2)7-5-11/h4-7,15H,3,8-10H2,1-2H3. The molecule has 0 aliphatic carbocycles. The van der Waals surface area contributed by atoms with Gasteiger partial charge in [-0.2, -0.15) is 0 Å². The van der Waals surface area contributed by atoms with E-state index in [4.69, 9.17) is 14.6 Å². The summed E-state index contributed by atoms with van der Waals surface area (Å²) in [6.07, 6.45) is -0.957. The molecule has 8 heteroatoms. The molecule has 0 fully saturated rings. The van der Waals surface area contributed by atoms with Crippen molar-refractivity contribution in [2.24, 2.45) is 0 Å². The summed E-state index contributed by atoms with van der Waals surface area (Å²) in [7, 11) is -2.31. The molecule has 118 valence electrons. The molecule has 0 saturated heterocycles. The predicted molar refractivity (Wildman–Crippen MR) is 76.4 cm³/mol. The smallest absolute Gasteiger partial charge is 0.423 e. The molecule has 21 heavy (non-hydrogen) atoms. The summed E-state index contributed by atoms with van der Waals surface area (Å²) in [5.41, 5.74) is 0.708. The van der Waals surface area contributed by atoms with Gasteiger partial charge in [0, 0.05) is 6.54 Å². The molecule has 7 nitrogen and oxygen atoms in total. The van der Waals surface area contributed by atoms with Crippen molar-refractivity contribution in [3.8, 4) is 5.75 Å². The highest BCUT2D eigenvalue weighted by Gasteiger charge is 2.26. The fraction of sp³-hybridized carbons (Fsp3) is 0.462. The fourth-order valence-corrected chi connectivity index (χ4v) is 2.73. The van der Waals surface area contributed by atoms with Crippen molar-refractivity contribution in [2.75, 3.05) is 26.0 Å². The number of carbonyl (C=O) groups excluding carboxylic acids is 1. The fourth-order valence-electron chi connectivity index (χ4n) is 1.60. The highest BCUT2D eigenvalue weighted by Crippen LogP contribution is 2.13. The van der Waals surface area contributed by atoms with E-state index in [0.717, 1.165) is 0 Å². The van der Waals surface area contributed by atoms with Crippen LogP contribution in [0.15, 0.2) is 24.3 Å². The van der Waals surface area contributed by atoms with Gasteiger partial charge in [0.15, 0.2) is 0 Å². The number of aliphatic hydroxyl groups excluding tert-OH is 1. The summed E-state index contributed by atoms with van der Waals surface area (Å²) in [6.45, 7) is 0.867. The maximum Gasteiger partial charge on any atom is 0.423 e. The number of hydrogen-bond acceptors (Lipinski definition) is 6. The molecule has 0 saturated carbocycles. The molecule has 1 aromatic rings. The number of amides is 1. The van der Waals surface area contributed by atoms with Crippen LogP contribution in [0, 0.1) is 0 Å². The van der Waals surface area contributed by atoms with Crippen molar-refractivity contribution in [1.29, 1.82) is 0 Å². The predicted octanol–water partition coefficient (Wildman–Crippen LogP) is 0.976. The summed E-state index contributed by atoms with van der Waals surface area (Å²) in [4.78, 5) is 11.8. The van der Waals surface area contributed by atoms with E-state index < -0.39 is 28.5 Å². The Hall–Kier alpha value is -1.80. The van der Waals surface area contributed by atoms with Crippen molar-refractivity contribution >= 4 is 16.1 Å². The van der Waals surface area contributed by atoms with Gasteiger partial charge in [0.2, 0.25) is 10.0 Å². The van der Waals surface area contributed by atoms with Gasteiger partial charge in [0.25, 0.3) is 0 Å². The van der Waals surface area contributed by atoms with Crippen LogP contribution in [0.1, 0.15) is 12.5 Å². The minimum absolute atomic E-state index is 0.0476. The lowest BCUT2D eigenvalue weighted by atomic mass is 10.2. The van der Waals surface area contributed by atoms with Gasteiger partial charge in [-0.25, -0.2) is 17.5 Å². The van der Waals surface area contributed by atoms with Crippen molar-refractivity contribution in [2.45, 2.75) is 13.5 Å². The van der Waals surface area contributed by atoms with Crippen LogP contribution in [-0.2, 0) is 21.4 Å². The molecular formula is C13H19NO6S. The van der Waals surface area contributed by atoms with E-state index in [-0.39, 0.29) is 13.2 Å². The Morgan fingerprint density at radius 3 is 2.38 bits per heavy atom. The first-order chi connectivity index (χ1) is 9.94. The largest absolute Gasteiger partial charge is 0.497 e. The summed E-state index contributed by atoms with van der Waals surface area (Å²) >= 11 is 0. The molecule has 0 bridgehead atoms. The molecular weight excluding hydrogens is 298 g/mol. The number of hydrogen-bond donors (Lipinski definition) is 1. The molecule has 1 amide bonds. The van der Waals surface area contributed by atoms with Crippen LogP contribution in [0.4, 0.5) is 4.79 Å². The second-order valence-electron chi connectivity index (χ2n) is 4.11. The summed E-state index contributed by atoms with van der Waals surface area (Å²) < 4.78 is 34.1. The van der Waals surface area contributed by atoms with Gasteiger partial charge in [-0.05, 0) is 24.6 Å². The first kappa shape index (κ1) is 17.3. The van der Waals surface area contributed by atoms with Gasteiger partial charge >= 0.3 is 6.09 Å². The van der Waals surface area contributed by atoms with Gasteiger partial charge in [-0.3, -0.25) is 0 Å². The number of aliphatic hydroxyl groups is 1. The molecule has 0 aliphatic rings. The Morgan fingerprint density at radius 2 is 1.90 bits per heavy atom. The minimum Gasteiger partial charge on any atom is -0.497 e. The molecule has 0 aromatic heterocycles. The molecule has 0 unspecified atom stereocenters. The van der Waals surface area contributed by atoms with Crippen molar-refractivity contribution in [3.05, 3.63) is 29.8 Å². The van der Waals surface area contributed by atoms with Gasteiger partial charge in [0.05, 0.1) is 19.5 Å². The Morgan fingerprint density at radius 1 is 1.29 bits per heavy atom. The van der Waals surface area contributed by atoms with Gasteiger partial charge < -0.3 is 14.6 Å². The average Bonchev–Trinajstić information content (AvgIpc) is 2.46. The highest BCUT2D eigenvalue weighted by molar-refractivity contribution is 7.89. The van der Waals surface area contributed by atoms with Gasteiger partial charge in [-0.15, -0.1) is 0 Å². The van der Waals surface area contributed by atoms with Crippen LogP contribution in [0.3, 0.4) is 0 Å². The van der Waals surface area contributed by atoms with E-state index in [0.29, 0.717) is 15.6 Å².